The monoisotopic (exact) mass is 256 g/mol. The topological polar surface area (TPSA) is 61.6 Å². The summed E-state index contributed by atoms with van der Waals surface area (Å²) in [5.74, 6) is 1.73. The lowest BCUT2D eigenvalue weighted by atomic mass is 10.2. The second-order valence-corrected chi connectivity index (χ2v) is 5.47. The average molecular weight is 256 g/mol. The van der Waals surface area contributed by atoms with Crippen molar-refractivity contribution in [3.63, 3.8) is 0 Å². The molecule has 0 bridgehead atoms. The first-order chi connectivity index (χ1) is 7.76. The highest BCUT2D eigenvalue weighted by Gasteiger charge is 2.07. The number of rotatable bonds is 7. The van der Waals surface area contributed by atoms with E-state index in [0.29, 0.717) is 0 Å². The Hall–Kier alpha value is -0.640. The van der Waals surface area contributed by atoms with Gasteiger partial charge in [0.05, 0.1) is 12.1 Å². The van der Waals surface area contributed by atoms with Crippen molar-refractivity contribution in [3.05, 3.63) is 5.82 Å². The van der Waals surface area contributed by atoms with Gasteiger partial charge in [-0.3, -0.25) is 0 Å². The first-order valence-corrected chi connectivity index (χ1v) is 7.08. The summed E-state index contributed by atoms with van der Waals surface area (Å²) in [6.45, 7) is 4.89. The maximum atomic E-state index is 8.91. The molecule has 1 atom stereocenters. The third-order valence-electron chi connectivity index (χ3n) is 1.94. The average Bonchev–Trinajstić information content (AvgIpc) is 2.69. The number of aryl methyl sites for hydroxylation is 1. The smallest absolute Gasteiger partial charge is 0.170 e. The molecule has 16 heavy (non-hydrogen) atoms. The van der Waals surface area contributed by atoms with Crippen LogP contribution in [-0.2, 0) is 0 Å². The Morgan fingerprint density at radius 1 is 1.62 bits per heavy atom. The van der Waals surface area contributed by atoms with Crippen LogP contribution in [0.5, 0.6) is 0 Å². The minimum atomic E-state index is -0.0403. The molecule has 1 unspecified atom stereocenters. The van der Waals surface area contributed by atoms with Gasteiger partial charge in [0, 0.05) is 5.75 Å². The van der Waals surface area contributed by atoms with Crippen molar-refractivity contribution in [1.29, 1.82) is 5.26 Å². The molecular weight excluding hydrogens is 240 g/mol. The van der Waals surface area contributed by atoms with Crippen molar-refractivity contribution in [2.75, 3.05) is 12.3 Å². The molecule has 1 N–H and O–H groups in total. The predicted molar refractivity (Wildman–Crippen MR) is 67.7 cm³/mol. The van der Waals surface area contributed by atoms with E-state index in [1.54, 1.807) is 11.8 Å². The molecule has 1 rings (SSSR count). The number of nitrogens with one attached hydrogen (secondary N) is 1. The molecule has 1 heterocycles. The van der Waals surface area contributed by atoms with Gasteiger partial charge in [0.25, 0.3) is 0 Å². The van der Waals surface area contributed by atoms with Crippen molar-refractivity contribution in [3.8, 4) is 6.07 Å². The van der Waals surface area contributed by atoms with Crippen LogP contribution in [0.1, 0.15) is 25.6 Å². The zero-order valence-electron chi connectivity index (χ0n) is 9.56. The van der Waals surface area contributed by atoms with Crippen LogP contribution in [0.3, 0.4) is 0 Å². The van der Waals surface area contributed by atoms with Gasteiger partial charge >= 0.3 is 0 Å². The molecule has 0 aliphatic rings. The summed E-state index contributed by atoms with van der Waals surface area (Å²) in [6, 6.07) is 2.23. The van der Waals surface area contributed by atoms with E-state index < -0.39 is 0 Å². The molecule has 0 spiro atoms. The van der Waals surface area contributed by atoms with E-state index in [1.165, 1.54) is 11.5 Å². The Labute approximate surface area is 105 Å². The number of hydrogen-bond acceptors (Lipinski definition) is 6. The summed E-state index contributed by atoms with van der Waals surface area (Å²) in [5, 5.41) is 12.1. The molecule has 0 radical (unpaired) electrons. The van der Waals surface area contributed by atoms with Gasteiger partial charge in [-0.1, -0.05) is 18.7 Å². The molecule has 6 heteroatoms. The van der Waals surface area contributed by atoms with E-state index in [2.05, 4.69) is 27.7 Å². The quantitative estimate of drug-likeness (QED) is 0.758. The van der Waals surface area contributed by atoms with E-state index in [1.807, 2.05) is 6.92 Å². The first-order valence-electron chi connectivity index (χ1n) is 5.32. The highest BCUT2D eigenvalue weighted by atomic mass is 32.2. The van der Waals surface area contributed by atoms with Crippen LogP contribution in [0.15, 0.2) is 4.34 Å². The van der Waals surface area contributed by atoms with Gasteiger partial charge in [0.1, 0.15) is 5.82 Å². The van der Waals surface area contributed by atoms with Crippen molar-refractivity contribution in [1.82, 2.24) is 14.7 Å². The van der Waals surface area contributed by atoms with E-state index in [-0.39, 0.29) is 6.04 Å². The molecule has 0 saturated heterocycles. The second-order valence-electron chi connectivity index (χ2n) is 3.38. The van der Waals surface area contributed by atoms with E-state index in [4.69, 9.17) is 5.26 Å². The van der Waals surface area contributed by atoms with Crippen molar-refractivity contribution in [2.45, 2.75) is 37.1 Å². The standard InChI is InChI=1S/C10H16N4S2/c1-3-5-12-9(7-11)4-6-15-10-13-8(2)14-16-10/h9,12H,3-6H2,1-2H3. The fraction of sp³-hybridized carbons (Fsp3) is 0.700. The summed E-state index contributed by atoms with van der Waals surface area (Å²) in [7, 11) is 0. The highest BCUT2D eigenvalue weighted by molar-refractivity contribution is 8.00. The summed E-state index contributed by atoms with van der Waals surface area (Å²) in [6.07, 6.45) is 1.90. The van der Waals surface area contributed by atoms with Gasteiger partial charge in [-0.25, -0.2) is 4.98 Å². The fourth-order valence-corrected chi connectivity index (χ4v) is 2.85. The lowest BCUT2D eigenvalue weighted by Crippen LogP contribution is -2.28. The maximum Gasteiger partial charge on any atom is 0.170 e. The number of nitrogens with zero attached hydrogens (tertiary/aromatic N) is 3. The number of nitriles is 1. The fourth-order valence-electron chi connectivity index (χ4n) is 1.13. The van der Waals surface area contributed by atoms with Crippen LogP contribution in [0, 0.1) is 18.3 Å². The molecule has 1 aromatic heterocycles. The Bertz CT molecular complexity index is 345. The second kappa shape index (κ2) is 7.60. The molecule has 0 aliphatic carbocycles. The zero-order chi connectivity index (χ0) is 11.8. The SMILES string of the molecule is CCCNC(C#N)CCSc1nc(C)ns1. The van der Waals surface area contributed by atoms with Crippen molar-refractivity contribution in [2.24, 2.45) is 0 Å². The van der Waals surface area contributed by atoms with Crippen LogP contribution in [0.2, 0.25) is 0 Å². The summed E-state index contributed by atoms with van der Waals surface area (Å²) >= 11 is 3.10. The summed E-state index contributed by atoms with van der Waals surface area (Å²) in [5.41, 5.74) is 0. The molecule has 0 fully saturated rings. The van der Waals surface area contributed by atoms with Crippen LogP contribution in [0.4, 0.5) is 0 Å². The molecule has 0 amide bonds. The molecule has 0 aromatic carbocycles. The van der Waals surface area contributed by atoms with E-state index >= 15 is 0 Å². The van der Waals surface area contributed by atoms with Crippen molar-refractivity contribution < 1.29 is 0 Å². The van der Waals surface area contributed by atoms with Crippen molar-refractivity contribution >= 4 is 23.3 Å². The van der Waals surface area contributed by atoms with Gasteiger partial charge in [0.2, 0.25) is 0 Å². The zero-order valence-corrected chi connectivity index (χ0v) is 11.2. The van der Waals surface area contributed by atoms with E-state index in [0.717, 1.165) is 35.3 Å². The molecule has 0 saturated carbocycles. The van der Waals surface area contributed by atoms with Crippen LogP contribution < -0.4 is 5.32 Å². The largest absolute Gasteiger partial charge is 0.302 e. The lowest BCUT2D eigenvalue weighted by molar-refractivity contribution is 0.585. The van der Waals surface area contributed by atoms with Gasteiger partial charge in [-0.2, -0.15) is 9.64 Å². The predicted octanol–water partition coefficient (Wildman–Crippen LogP) is 2.22. The summed E-state index contributed by atoms with van der Waals surface area (Å²) in [4.78, 5) is 4.26. The minimum absolute atomic E-state index is 0.0403. The third kappa shape index (κ3) is 4.92. The van der Waals surface area contributed by atoms with Crippen LogP contribution >= 0.6 is 23.3 Å². The van der Waals surface area contributed by atoms with Gasteiger partial charge in [-0.05, 0) is 37.8 Å². The lowest BCUT2D eigenvalue weighted by Gasteiger charge is -2.08. The number of hydrogen-bond donors (Lipinski definition) is 1. The number of thioether (sulfide) groups is 1. The molecule has 1 aromatic rings. The molecule has 4 nitrogen and oxygen atoms in total. The normalized spacial score (nSPS) is 12.3. The Morgan fingerprint density at radius 3 is 3.00 bits per heavy atom. The summed E-state index contributed by atoms with van der Waals surface area (Å²) < 4.78 is 5.10. The highest BCUT2D eigenvalue weighted by Crippen LogP contribution is 2.20. The Morgan fingerprint density at radius 2 is 2.44 bits per heavy atom. The Balaban J connectivity index is 2.21. The first kappa shape index (κ1) is 13.4. The molecule has 88 valence electrons. The van der Waals surface area contributed by atoms with Gasteiger partial charge < -0.3 is 5.32 Å². The third-order valence-corrected chi connectivity index (χ3v) is 3.90. The van der Waals surface area contributed by atoms with Gasteiger partial charge in [0.15, 0.2) is 4.34 Å². The molecular formula is C10H16N4S2. The van der Waals surface area contributed by atoms with Crippen LogP contribution in [0.25, 0.3) is 0 Å². The van der Waals surface area contributed by atoms with Gasteiger partial charge in [-0.15, -0.1) is 0 Å². The van der Waals surface area contributed by atoms with E-state index in [9.17, 15) is 0 Å². The van der Waals surface area contributed by atoms with Crippen LogP contribution in [-0.4, -0.2) is 27.7 Å². The number of aromatic nitrogens is 2. The Kier molecular flexibility index (Phi) is 6.38. The minimum Gasteiger partial charge on any atom is -0.302 e. The maximum absolute atomic E-state index is 8.91. The molecule has 0 aliphatic heterocycles.